The predicted octanol–water partition coefficient (Wildman–Crippen LogP) is 3.12. The Hall–Kier alpha value is -1.07. The molecule has 1 aromatic rings. The molecule has 0 aliphatic heterocycles. The molecule has 0 N–H and O–H groups in total. The van der Waals surface area contributed by atoms with Crippen molar-refractivity contribution in [2.75, 3.05) is 0 Å². The van der Waals surface area contributed by atoms with Crippen LogP contribution >= 0.6 is 0 Å². The number of halogens is 5. The highest BCUT2D eigenvalue weighted by Crippen LogP contribution is 2.18. The first-order valence-corrected chi connectivity index (χ1v) is 4.96. The highest BCUT2D eigenvalue weighted by Gasteiger charge is 2.30. The van der Waals surface area contributed by atoms with Crippen LogP contribution in [-0.2, 0) is 0 Å². The van der Waals surface area contributed by atoms with Gasteiger partial charge in [-0.05, 0) is 5.46 Å². The fourth-order valence-corrected chi connectivity index (χ4v) is 1.68. The zero-order valence-electron chi connectivity index (χ0n) is 8.88. The maximum atomic E-state index is 13.3. The van der Waals surface area contributed by atoms with Crippen molar-refractivity contribution in [3.63, 3.8) is 0 Å². The van der Waals surface area contributed by atoms with Gasteiger partial charge in [0.1, 0.15) is 0 Å². The smallest absolute Gasteiger partial charge is 0.200 e. The van der Waals surface area contributed by atoms with Crippen LogP contribution in [0.25, 0.3) is 0 Å². The van der Waals surface area contributed by atoms with Crippen molar-refractivity contribution in [1.82, 2.24) is 0 Å². The maximum absolute atomic E-state index is 13.3. The van der Waals surface area contributed by atoms with Crippen LogP contribution in [0.2, 0.25) is 12.6 Å². The summed E-state index contributed by atoms with van der Waals surface area (Å²) in [6, 6.07) is 0. The van der Waals surface area contributed by atoms with Gasteiger partial charge in [-0.1, -0.05) is 26.5 Å². The monoisotopic (exact) mass is 236 g/mol. The molecule has 0 fully saturated rings. The van der Waals surface area contributed by atoms with Crippen LogP contribution in [0, 0.1) is 29.1 Å². The first kappa shape index (κ1) is 13.0. The molecule has 0 aromatic heterocycles. The lowest BCUT2D eigenvalue weighted by Gasteiger charge is -2.13. The summed E-state index contributed by atoms with van der Waals surface area (Å²) in [6.07, 6.45) is 0.629. The summed E-state index contributed by atoms with van der Waals surface area (Å²) in [7, 11) is 0. The van der Waals surface area contributed by atoms with Gasteiger partial charge in [0, 0.05) is 0 Å². The molecule has 0 aliphatic rings. The van der Waals surface area contributed by atoms with E-state index in [2.05, 4.69) is 0 Å². The molecule has 0 atom stereocenters. The van der Waals surface area contributed by atoms with E-state index in [-0.39, 0.29) is 0 Å². The van der Waals surface area contributed by atoms with Gasteiger partial charge in [0.25, 0.3) is 0 Å². The van der Waals surface area contributed by atoms with Gasteiger partial charge in [-0.3, -0.25) is 0 Å². The average Bonchev–Trinajstić information content (AvgIpc) is 2.29. The van der Waals surface area contributed by atoms with Crippen LogP contribution in [0.4, 0.5) is 22.0 Å². The van der Waals surface area contributed by atoms with E-state index >= 15 is 0 Å². The molecule has 0 heterocycles. The third-order valence-electron chi connectivity index (χ3n) is 2.64. The molecule has 0 unspecified atom stereocenters. The lowest BCUT2D eigenvalue weighted by atomic mass is 9.41. The summed E-state index contributed by atoms with van der Waals surface area (Å²) in [5.41, 5.74) is -0.707. The van der Waals surface area contributed by atoms with Crippen LogP contribution in [0.15, 0.2) is 0 Å². The first-order chi connectivity index (χ1) is 7.45. The number of benzene rings is 1. The predicted molar refractivity (Wildman–Crippen MR) is 52.6 cm³/mol. The summed E-state index contributed by atoms with van der Waals surface area (Å²) in [5.74, 6) is -9.29. The average molecular weight is 236 g/mol. The molecule has 0 radical (unpaired) electrons. The first-order valence-electron chi connectivity index (χ1n) is 4.96. The number of hydrogen-bond donors (Lipinski definition) is 0. The van der Waals surface area contributed by atoms with Crippen molar-refractivity contribution in [2.24, 2.45) is 0 Å². The van der Waals surface area contributed by atoms with E-state index in [9.17, 15) is 22.0 Å². The Morgan fingerprint density at radius 3 is 1.31 bits per heavy atom. The van der Waals surface area contributed by atoms with Crippen LogP contribution in [0.1, 0.15) is 13.8 Å². The quantitative estimate of drug-likeness (QED) is 0.327. The molecule has 88 valence electrons. The fraction of sp³-hybridized carbons (Fsp3) is 0.400. The third kappa shape index (κ3) is 1.93. The summed E-state index contributed by atoms with van der Waals surface area (Å²) in [6.45, 7) is 2.60. The molecule has 16 heavy (non-hydrogen) atoms. The standard InChI is InChI=1S/C10H10BF5/c1-3-11(4-2)5-6(12)8(14)10(16)9(15)7(5)13/h3-4H2,1-2H3. The second-order valence-electron chi connectivity index (χ2n) is 3.50. The van der Waals surface area contributed by atoms with Gasteiger partial charge in [-0.25, -0.2) is 22.0 Å². The minimum Gasteiger partial charge on any atom is -0.204 e. The molecule has 0 bridgehead atoms. The lowest BCUT2D eigenvalue weighted by Crippen LogP contribution is -2.36. The molecule has 0 saturated carbocycles. The SMILES string of the molecule is CCB(CC)c1c(F)c(F)c(F)c(F)c1F. The van der Waals surface area contributed by atoms with E-state index in [1.54, 1.807) is 13.8 Å². The van der Waals surface area contributed by atoms with Crippen molar-refractivity contribution < 1.29 is 22.0 Å². The van der Waals surface area contributed by atoms with Crippen LogP contribution in [0.5, 0.6) is 0 Å². The molecule has 0 saturated heterocycles. The second kappa shape index (κ2) is 4.85. The Bertz CT molecular complexity index is 372. The Kier molecular flexibility index (Phi) is 3.94. The van der Waals surface area contributed by atoms with Crippen molar-refractivity contribution in [2.45, 2.75) is 26.5 Å². The van der Waals surface area contributed by atoms with E-state index in [0.717, 1.165) is 0 Å². The maximum Gasteiger partial charge on any atom is 0.200 e. The number of hydrogen-bond acceptors (Lipinski definition) is 0. The molecule has 6 heteroatoms. The van der Waals surface area contributed by atoms with Gasteiger partial charge in [0.05, 0.1) is 0 Å². The summed E-state index contributed by atoms with van der Waals surface area (Å²) in [5, 5.41) is 0. The highest BCUT2D eigenvalue weighted by molar-refractivity contribution is 6.73. The zero-order valence-corrected chi connectivity index (χ0v) is 8.88. The van der Waals surface area contributed by atoms with Crippen LogP contribution in [0.3, 0.4) is 0 Å². The van der Waals surface area contributed by atoms with Gasteiger partial charge < -0.3 is 0 Å². The van der Waals surface area contributed by atoms with Crippen LogP contribution in [-0.4, -0.2) is 6.71 Å². The van der Waals surface area contributed by atoms with Gasteiger partial charge in [0.2, 0.25) is 0 Å². The molecular formula is C10H10BF5. The summed E-state index contributed by atoms with van der Waals surface area (Å²) in [4.78, 5) is 0. The largest absolute Gasteiger partial charge is 0.204 e. The van der Waals surface area contributed by atoms with E-state index in [0.29, 0.717) is 12.6 Å². The van der Waals surface area contributed by atoms with E-state index in [1.165, 1.54) is 0 Å². The van der Waals surface area contributed by atoms with Crippen molar-refractivity contribution in [3.05, 3.63) is 29.1 Å². The Morgan fingerprint density at radius 2 is 1.00 bits per heavy atom. The van der Waals surface area contributed by atoms with Crippen molar-refractivity contribution in [3.8, 4) is 0 Å². The highest BCUT2D eigenvalue weighted by atomic mass is 19.2. The van der Waals surface area contributed by atoms with Crippen molar-refractivity contribution >= 4 is 12.2 Å². The fourth-order valence-electron chi connectivity index (χ4n) is 1.68. The Balaban J connectivity index is 3.50. The Morgan fingerprint density at radius 1 is 0.688 bits per heavy atom. The van der Waals surface area contributed by atoms with Gasteiger partial charge >= 0.3 is 0 Å². The molecule has 1 aromatic carbocycles. The third-order valence-corrected chi connectivity index (χ3v) is 2.64. The van der Waals surface area contributed by atoms with Gasteiger partial charge in [-0.2, -0.15) is 0 Å². The molecule has 0 aliphatic carbocycles. The number of rotatable bonds is 3. The van der Waals surface area contributed by atoms with E-state index < -0.39 is 41.3 Å². The summed E-state index contributed by atoms with van der Waals surface area (Å²) < 4.78 is 65.1. The minimum absolute atomic E-state index is 0.314. The van der Waals surface area contributed by atoms with Crippen LogP contribution < -0.4 is 5.46 Å². The lowest BCUT2D eigenvalue weighted by molar-refractivity contribution is 0.384. The van der Waals surface area contributed by atoms with Gasteiger partial charge in [-0.15, -0.1) is 0 Å². The van der Waals surface area contributed by atoms with Gasteiger partial charge in [0.15, 0.2) is 35.8 Å². The Labute approximate surface area is 90.5 Å². The molecule has 1 rings (SSSR count). The van der Waals surface area contributed by atoms with Crippen molar-refractivity contribution in [1.29, 1.82) is 0 Å². The normalized spacial score (nSPS) is 10.7. The second-order valence-corrected chi connectivity index (χ2v) is 3.50. The topological polar surface area (TPSA) is 0 Å². The molecular weight excluding hydrogens is 226 g/mol. The minimum atomic E-state index is -2.11. The molecule has 0 nitrogen and oxygen atoms in total. The molecule has 0 spiro atoms. The van der Waals surface area contributed by atoms with E-state index in [4.69, 9.17) is 0 Å². The molecule has 0 amide bonds. The zero-order chi connectivity index (χ0) is 12.5. The van der Waals surface area contributed by atoms with E-state index in [1.807, 2.05) is 0 Å². The summed E-state index contributed by atoms with van der Waals surface area (Å²) >= 11 is 0.